The Labute approximate surface area is 144 Å². The minimum atomic E-state index is -0.411. The van der Waals surface area contributed by atoms with Crippen molar-refractivity contribution in [1.29, 1.82) is 0 Å². The van der Waals surface area contributed by atoms with Crippen molar-refractivity contribution in [2.45, 2.75) is 12.6 Å². The van der Waals surface area contributed by atoms with E-state index >= 15 is 0 Å². The predicted octanol–water partition coefficient (Wildman–Crippen LogP) is 3.72. The number of nitrogens with one attached hydrogen (secondary N) is 1. The number of rotatable bonds is 2. The number of benzene rings is 2. The van der Waals surface area contributed by atoms with Crippen LogP contribution in [0.15, 0.2) is 79.4 Å². The fourth-order valence-corrected chi connectivity index (χ4v) is 3.43. The molecule has 0 saturated carbocycles. The van der Waals surface area contributed by atoms with Crippen molar-refractivity contribution in [3.63, 3.8) is 0 Å². The molecule has 2 aromatic carbocycles. The molecule has 0 amide bonds. The molecule has 4 aromatic rings. The van der Waals surface area contributed by atoms with Crippen molar-refractivity contribution in [3.05, 3.63) is 79.4 Å². The minimum Gasteiger partial charge on any atom is -0.345 e. The summed E-state index contributed by atoms with van der Waals surface area (Å²) in [5.41, 5.74) is 3.73. The Hall–Kier alpha value is -3.34. The van der Waals surface area contributed by atoms with Gasteiger partial charge in [-0.15, -0.1) is 0 Å². The number of aromatic nitrogens is 4. The van der Waals surface area contributed by atoms with E-state index in [0.29, 0.717) is 0 Å². The molecular formula is C20H17N5. The van der Waals surface area contributed by atoms with Gasteiger partial charge in [-0.1, -0.05) is 30.3 Å². The number of hydrogen-bond acceptors (Lipinski definition) is 3. The van der Waals surface area contributed by atoms with E-state index in [9.17, 15) is 0 Å². The lowest BCUT2D eigenvalue weighted by molar-refractivity contribution is 0.370. The quantitative estimate of drug-likeness (QED) is 0.610. The zero-order valence-electron chi connectivity index (χ0n) is 13.8. The molecule has 0 spiro atoms. The molecule has 1 unspecified atom stereocenters. The highest BCUT2D eigenvalue weighted by Gasteiger charge is 2.28. The van der Waals surface area contributed by atoms with Gasteiger partial charge in [-0.05, 0) is 43.3 Å². The van der Waals surface area contributed by atoms with Crippen molar-refractivity contribution in [3.8, 4) is 0 Å². The number of nitrogens with zero attached hydrogens (tertiary/aromatic N) is 4. The fraction of sp³-hybridized carbons (Fsp3) is 0.100. The molecule has 122 valence electrons. The highest BCUT2D eigenvalue weighted by atomic mass is 15.3. The van der Waals surface area contributed by atoms with Gasteiger partial charge in [0.25, 0.3) is 0 Å². The van der Waals surface area contributed by atoms with Crippen LogP contribution in [0.3, 0.4) is 0 Å². The zero-order valence-corrected chi connectivity index (χ0v) is 13.8. The molecule has 0 aliphatic carbocycles. The third kappa shape index (κ3) is 2.09. The van der Waals surface area contributed by atoms with Crippen molar-refractivity contribution < 1.29 is 0 Å². The van der Waals surface area contributed by atoms with Crippen molar-refractivity contribution >= 4 is 27.9 Å². The van der Waals surface area contributed by atoms with Crippen LogP contribution in [0.2, 0.25) is 0 Å². The van der Waals surface area contributed by atoms with E-state index in [-0.39, 0.29) is 0 Å². The summed E-state index contributed by atoms with van der Waals surface area (Å²) in [5, 5.41) is 3.64. The van der Waals surface area contributed by atoms with Gasteiger partial charge in [-0.25, -0.2) is 9.97 Å². The van der Waals surface area contributed by atoms with E-state index in [4.69, 9.17) is 0 Å². The third-order valence-corrected chi connectivity index (χ3v) is 4.72. The Morgan fingerprint density at radius 2 is 1.56 bits per heavy atom. The molecule has 1 atom stereocenters. The van der Waals surface area contributed by atoms with Crippen LogP contribution in [0.1, 0.15) is 6.92 Å². The van der Waals surface area contributed by atoms with Gasteiger partial charge in [0.05, 0.1) is 28.4 Å². The maximum absolute atomic E-state index is 4.53. The summed E-state index contributed by atoms with van der Waals surface area (Å²) >= 11 is 0. The maximum atomic E-state index is 4.53. The lowest BCUT2D eigenvalue weighted by Gasteiger charge is -2.34. The van der Waals surface area contributed by atoms with Crippen LogP contribution in [-0.2, 0) is 5.66 Å². The standard InChI is InChI=1S/C20H17N5/c1-20(25-14-22-16-8-3-5-10-18(16)25)12-6-11-19(23-20)24-13-21-15-7-2-4-9-17(15)24/h2-14,23H,1H3. The summed E-state index contributed by atoms with van der Waals surface area (Å²) in [6, 6.07) is 16.3. The van der Waals surface area contributed by atoms with Gasteiger partial charge in [-0.3, -0.25) is 4.57 Å². The fourth-order valence-electron chi connectivity index (χ4n) is 3.43. The number of hydrogen-bond donors (Lipinski definition) is 1. The van der Waals surface area contributed by atoms with Crippen LogP contribution in [0.4, 0.5) is 0 Å². The summed E-state index contributed by atoms with van der Waals surface area (Å²) < 4.78 is 4.24. The highest BCUT2D eigenvalue weighted by molar-refractivity contribution is 5.79. The molecule has 0 fully saturated rings. The highest BCUT2D eigenvalue weighted by Crippen LogP contribution is 2.27. The lowest BCUT2D eigenvalue weighted by Crippen LogP contribution is -2.44. The number of dihydropyridines is 1. The number of imidazole rings is 2. The van der Waals surface area contributed by atoms with Crippen molar-refractivity contribution in [2.75, 3.05) is 0 Å². The van der Waals surface area contributed by atoms with Crippen LogP contribution in [0, 0.1) is 0 Å². The van der Waals surface area contributed by atoms with Gasteiger partial charge in [0.2, 0.25) is 0 Å². The van der Waals surface area contributed by atoms with Gasteiger partial charge < -0.3 is 9.88 Å². The lowest BCUT2D eigenvalue weighted by atomic mass is 10.1. The molecule has 1 aliphatic rings. The first-order valence-corrected chi connectivity index (χ1v) is 8.27. The molecule has 0 saturated heterocycles. The minimum absolute atomic E-state index is 0.411. The second kappa shape index (κ2) is 5.08. The Morgan fingerprint density at radius 3 is 2.40 bits per heavy atom. The molecule has 5 rings (SSSR count). The Morgan fingerprint density at radius 1 is 0.880 bits per heavy atom. The van der Waals surface area contributed by atoms with Crippen LogP contribution in [-0.4, -0.2) is 19.1 Å². The SMILES string of the molecule is CC1(n2cnc3ccccc32)C=CC=C(n2cnc3ccccc32)N1. The van der Waals surface area contributed by atoms with E-state index in [1.807, 2.05) is 49.1 Å². The Bertz CT molecular complexity index is 1150. The third-order valence-electron chi connectivity index (χ3n) is 4.72. The topological polar surface area (TPSA) is 47.7 Å². The Kier molecular flexibility index (Phi) is 2.85. The Balaban J connectivity index is 1.60. The second-order valence-corrected chi connectivity index (χ2v) is 6.39. The van der Waals surface area contributed by atoms with E-state index in [2.05, 4.69) is 61.7 Å². The summed E-state index contributed by atoms with van der Waals surface area (Å²) in [5.74, 6) is 0.983. The molecular weight excluding hydrogens is 310 g/mol. The summed E-state index contributed by atoms with van der Waals surface area (Å²) in [6.45, 7) is 2.14. The molecule has 5 heteroatoms. The van der Waals surface area contributed by atoms with Crippen LogP contribution < -0.4 is 5.32 Å². The molecule has 5 nitrogen and oxygen atoms in total. The van der Waals surface area contributed by atoms with Crippen LogP contribution in [0.25, 0.3) is 27.9 Å². The molecule has 0 radical (unpaired) electrons. The van der Waals surface area contributed by atoms with E-state index in [0.717, 1.165) is 27.9 Å². The van der Waals surface area contributed by atoms with E-state index in [1.165, 1.54) is 0 Å². The summed E-state index contributed by atoms with van der Waals surface area (Å²) in [7, 11) is 0. The molecule has 25 heavy (non-hydrogen) atoms. The summed E-state index contributed by atoms with van der Waals surface area (Å²) in [4.78, 5) is 9.02. The van der Waals surface area contributed by atoms with Gasteiger partial charge >= 0.3 is 0 Å². The zero-order chi connectivity index (χ0) is 16.9. The number of fused-ring (bicyclic) bond motifs is 2. The van der Waals surface area contributed by atoms with Crippen molar-refractivity contribution in [1.82, 2.24) is 24.4 Å². The van der Waals surface area contributed by atoms with Crippen LogP contribution in [0.5, 0.6) is 0 Å². The van der Waals surface area contributed by atoms with Gasteiger partial charge in [0.1, 0.15) is 17.8 Å². The molecule has 2 aromatic heterocycles. The molecule has 1 aliphatic heterocycles. The van der Waals surface area contributed by atoms with Gasteiger partial charge in [0, 0.05) is 0 Å². The van der Waals surface area contributed by atoms with Gasteiger partial charge in [0.15, 0.2) is 0 Å². The summed E-state index contributed by atoms with van der Waals surface area (Å²) in [6.07, 6.45) is 10.0. The monoisotopic (exact) mass is 327 g/mol. The first-order chi connectivity index (χ1) is 12.2. The van der Waals surface area contributed by atoms with Crippen molar-refractivity contribution in [2.24, 2.45) is 0 Å². The molecule has 3 heterocycles. The first-order valence-electron chi connectivity index (χ1n) is 8.27. The van der Waals surface area contributed by atoms with Gasteiger partial charge in [-0.2, -0.15) is 0 Å². The molecule has 1 N–H and O–H groups in total. The average molecular weight is 327 g/mol. The maximum Gasteiger partial charge on any atom is 0.133 e. The van der Waals surface area contributed by atoms with E-state index in [1.54, 1.807) is 0 Å². The predicted molar refractivity (Wildman–Crippen MR) is 99.7 cm³/mol. The largest absolute Gasteiger partial charge is 0.345 e. The number of para-hydroxylation sites is 4. The number of allylic oxidation sites excluding steroid dienone is 2. The first kappa shape index (κ1) is 14.0. The normalized spacial score (nSPS) is 20.0. The molecule has 0 bridgehead atoms. The smallest absolute Gasteiger partial charge is 0.133 e. The van der Waals surface area contributed by atoms with E-state index < -0.39 is 5.66 Å². The average Bonchev–Trinajstić information content (AvgIpc) is 3.26. The van der Waals surface area contributed by atoms with Crippen LogP contribution >= 0.6 is 0 Å². The second-order valence-electron chi connectivity index (χ2n) is 6.39.